The van der Waals surface area contributed by atoms with Gasteiger partial charge in [0.05, 0.1) is 22.0 Å². The molecule has 0 spiro atoms. The Labute approximate surface area is 231 Å². The lowest BCUT2D eigenvalue weighted by molar-refractivity contribution is -0.137. The van der Waals surface area contributed by atoms with Crippen LogP contribution in [-0.2, 0) is 6.18 Å². The number of rotatable bonds is 5. The summed E-state index contributed by atoms with van der Waals surface area (Å²) >= 11 is 2.52. The SMILES string of the molecule is CN1CCSc2cc(-c3nc(Nc4ccc(N5C[C@H]6C[C@@H]5CN6)nc4C4CC4)ncc3C(F)(F)F)sc2C1=O. The molecule has 0 radical (unpaired) electrons. The van der Waals surface area contributed by atoms with Gasteiger partial charge in [-0.25, -0.2) is 15.0 Å². The summed E-state index contributed by atoms with van der Waals surface area (Å²) in [5, 5.41) is 6.67. The maximum Gasteiger partial charge on any atom is 0.420 e. The first-order valence-corrected chi connectivity index (χ1v) is 14.8. The highest BCUT2D eigenvalue weighted by atomic mass is 32.2. The summed E-state index contributed by atoms with van der Waals surface area (Å²) in [6.07, 6.45) is -0.647. The Morgan fingerprint density at radius 3 is 2.77 bits per heavy atom. The number of aromatic nitrogens is 3. The van der Waals surface area contributed by atoms with E-state index in [-0.39, 0.29) is 17.5 Å². The highest BCUT2D eigenvalue weighted by molar-refractivity contribution is 7.99. The van der Waals surface area contributed by atoms with Crippen molar-refractivity contribution in [3.05, 3.63) is 40.5 Å². The summed E-state index contributed by atoms with van der Waals surface area (Å²) in [6.45, 7) is 2.47. The third-order valence-electron chi connectivity index (χ3n) is 7.72. The van der Waals surface area contributed by atoms with Gasteiger partial charge in [0, 0.05) is 61.5 Å². The number of anilines is 3. The second kappa shape index (κ2) is 9.34. The topological polar surface area (TPSA) is 86.3 Å². The Kier molecular flexibility index (Phi) is 6.01. The fraction of sp³-hybridized carbons (Fsp3) is 0.462. The lowest BCUT2D eigenvalue weighted by atomic mass is 10.2. The fourth-order valence-corrected chi connectivity index (χ4v) is 7.94. The number of nitrogens with zero attached hydrogens (tertiary/aromatic N) is 5. The average molecular weight is 574 g/mol. The van der Waals surface area contributed by atoms with Crippen LogP contribution < -0.4 is 15.5 Å². The predicted octanol–water partition coefficient (Wildman–Crippen LogP) is 4.97. The molecule has 1 saturated carbocycles. The number of piperazine rings is 1. The number of halogens is 3. The molecule has 3 aromatic heterocycles. The number of nitrogens with one attached hydrogen (secondary N) is 2. The molecule has 3 aromatic rings. The molecule has 2 atom stereocenters. The summed E-state index contributed by atoms with van der Waals surface area (Å²) in [6, 6.07) is 6.50. The van der Waals surface area contributed by atoms with Gasteiger partial charge in [0.15, 0.2) is 0 Å². The van der Waals surface area contributed by atoms with Crippen LogP contribution in [0.2, 0.25) is 0 Å². The molecule has 2 saturated heterocycles. The van der Waals surface area contributed by atoms with Gasteiger partial charge in [-0.15, -0.1) is 23.1 Å². The zero-order chi connectivity index (χ0) is 26.9. The van der Waals surface area contributed by atoms with Crippen LogP contribution in [0.5, 0.6) is 0 Å². The molecular weight excluding hydrogens is 547 g/mol. The van der Waals surface area contributed by atoms with Crippen molar-refractivity contribution in [2.24, 2.45) is 0 Å². The number of hydrogen-bond donors (Lipinski definition) is 2. The van der Waals surface area contributed by atoms with E-state index in [9.17, 15) is 18.0 Å². The normalized spacial score (nSPS) is 22.8. The summed E-state index contributed by atoms with van der Waals surface area (Å²) in [5.74, 6) is 1.81. The maximum atomic E-state index is 14.0. The van der Waals surface area contributed by atoms with E-state index >= 15 is 0 Å². The molecule has 3 aliphatic heterocycles. The van der Waals surface area contributed by atoms with Crippen molar-refractivity contribution in [2.45, 2.75) is 48.3 Å². The smallest absolute Gasteiger partial charge is 0.351 e. The number of pyridine rings is 1. The van der Waals surface area contributed by atoms with Crippen LogP contribution in [-0.4, -0.2) is 70.3 Å². The molecule has 13 heteroatoms. The number of thiophene rings is 1. The molecule has 6 heterocycles. The molecule has 1 amide bonds. The Morgan fingerprint density at radius 1 is 1.21 bits per heavy atom. The number of carbonyl (C=O) groups excluding carboxylic acids is 1. The Hall–Kier alpha value is -2.90. The van der Waals surface area contributed by atoms with Gasteiger partial charge in [-0.2, -0.15) is 13.2 Å². The third-order valence-corrected chi connectivity index (χ3v) is 10.0. The average Bonchev–Trinajstić information content (AvgIpc) is 3.36. The molecule has 2 N–H and O–H groups in total. The maximum absolute atomic E-state index is 14.0. The number of alkyl halides is 3. The molecule has 7 rings (SSSR count). The van der Waals surface area contributed by atoms with Crippen LogP contribution in [0.3, 0.4) is 0 Å². The second-order valence-electron chi connectivity index (χ2n) is 10.5. The molecule has 0 unspecified atom stereocenters. The van der Waals surface area contributed by atoms with Crippen LogP contribution in [0.4, 0.5) is 30.6 Å². The molecule has 2 bridgehead atoms. The van der Waals surface area contributed by atoms with Crippen molar-refractivity contribution in [1.29, 1.82) is 0 Å². The van der Waals surface area contributed by atoms with Crippen molar-refractivity contribution in [2.75, 3.05) is 42.7 Å². The van der Waals surface area contributed by atoms with Gasteiger partial charge in [-0.1, -0.05) is 0 Å². The molecule has 204 valence electrons. The van der Waals surface area contributed by atoms with Gasteiger partial charge in [-0.05, 0) is 37.5 Å². The lowest BCUT2D eigenvalue weighted by Crippen LogP contribution is -2.44. The van der Waals surface area contributed by atoms with E-state index in [1.807, 2.05) is 12.1 Å². The quantitative estimate of drug-likeness (QED) is 0.443. The number of hydrogen-bond acceptors (Lipinski definition) is 9. The van der Waals surface area contributed by atoms with E-state index in [1.165, 1.54) is 11.8 Å². The Morgan fingerprint density at radius 2 is 2.05 bits per heavy atom. The van der Waals surface area contributed by atoms with E-state index in [4.69, 9.17) is 4.98 Å². The summed E-state index contributed by atoms with van der Waals surface area (Å²) < 4.78 is 42.1. The molecular formula is C26H26F3N7OS2. The van der Waals surface area contributed by atoms with Gasteiger partial charge in [0.25, 0.3) is 5.91 Å². The van der Waals surface area contributed by atoms with Crippen LogP contribution in [0.1, 0.15) is 46.1 Å². The van der Waals surface area contributed by atoms with Crippen molar-refractivity contribution in [3.63, 3.8) is 0 Å². The number of thioether (sulfide) groups is 1. The summed E-state index contributed by atoms with van der Waals surface area (Å²) in [5.41, 5.74) is 0.459. The first-order chi connectivity index (χ1) is 18.7. The molecule has 1 aliphatic carbocycles. The van der Waals surface area contributed by atoms with E-state index in [1.54, 1.807) is 18.0 Å². The third kappa shape index (κ3) is 4.63. The summed E-state index contributed by atoms with van der Waals surface area (Å²) in [7, 11) is 1.70. The van der Waals surface area contributed by atoms with Gasteiger partial charge in [0.1, 0.15) is 16.3 Å². The molecule has 4 aliphatic rings. The van der Waals surface area contributed by atoms with Gasteiger partial charge in [-0.3, -0.25) is 4.79 Å². The van der Waals surface area contributed by atoms with E-state index in [2.05, 4.69) is 25.5 Å². The van der Waals surface area contributed by atoms with E-state index in [0.29, 0.717) is 50.6 Å². The van der Waals surface area contributed by atoms with Crippen LogP contribution >= 0.6 is 23.1 Å². The number of fused-ring (bicyclic) bond motifs is 3. The van der Waals surface area contributed by atoms with Gasteiger partial charge >= 0.3 is 6.18 Å². The zero-order valence-corrected chi connectivity index (χ0v) is 22.7. The number of carbonyl (C=O) groups is 1. The molecule has 3 fully saturated rings. The monoisotopic (exact) mass is 573 g/mol. The first kappa shape index (κ1) is 25.1. The van der Waals surface area contributed by atoms with Crippen molar-refractivity contribution in [1.82, 2.24) is 25.2 Å². The molecule has 0 aromatic carbocycles. The summed E-state index contributed by atoms with van der Waals surface area (Å²) in [4.78, 5) is 31.5. The first-order valence-electron chi connectivity index (χ1n) is 13.0. The van der Waals surface area contributed by atoms with Gasteiger partial charge in [0.2, 0.25) is 5.95 Å². The van der Waals surface area contributed by atoms with Crippen LogP contribution in [0, 0.1) is 0 Å². The van der Waals surface area contributed by atoms with Crippen LogP contribution in [0.15, 0.2) is 29.3 Å². The predicted molar refractivity (Wildman–Crippen MR) is 145 cm³/mol. The highest BCUT2D eigenvalue weighted by Crippen LogP contribution is 2.45. The fourth-order valence-electron chi connectivity index (χ4n) is 5.51. The van der Waals surface area contributed by atoms with Crippen molar-refractivity contribution >= 4 is 46.5 Å². The van der Waals surface area contributed by atoms with Gasteiger partial charge < -0.3 is 20.4 Å². The highest BCUT2D eigenvalue weighted by Gasteiger charge is 2.40. The Bertz CT molecular complexity index is 1460. The molecule has 39 heavy (non-hydrogen) atoms. The minimum absolute atomic E-state index is 0.0681. The number of amides is 1. The van der Waals surface area contributed by atoms with Crippen LogP contribution in [0.25, 0.3) is 10.6 Å². The minimum atomic E-state index is -4.64. The largest absolute Gasteiger partial charge is 0.420 e. The van der Waals surface area contributed by atoms with Crippen molar-refractivity contribution < 1.29 is 18.0 Å². The molecule has 8 nitrogen and oxygen atoms in total. The van der Waals surface area contributed by atoms with Crippen molar-refractivity contribution in [3.8, 4) is 10.6 Å². The minimum Gasteiger partial charge on any atom is -0.351 e. The second-order valence-corrected chi connectivity index (χ2v) is 12.7. The lowest BCUT2D eigenvalue weighted by Gasteiger charge is -2.29. The zero-order valence-electron chi connectivity index (χ0n) is 21.1. The van der Waals surface area contributed by atoms with E-state index in [0.717, 1.165) is 61.4 Å². The van der Waals surface area contributed by atoms with E-state index < -0.39 is 11.7 Å². The Balaban J connectivity index is 1.23. The standard InChI is InChI=1S/C26H26F3N7OS2/c1-35-6-7-38-19-9-18(39-23(19)24(35)37)22-16(26(27,28)29)11-31-25(34-22)32-17-4-5-20(33-21(17)13-2-3-13)36-12-14-8-15(36)10-30-14/h4-5,9,11,13-15,30H,2-3,6-8,10,12H2,1H3,(H,31,32,34)/t14-,15-/m1/s1.